The molecule has 0 saturated heterocycles. The fourth-order valence-corrected chi connectivity index (χ4v) is 10.5. The molecule has 294 valence electrons. The lowest BCUT2D eigenvalue weighted by atomic mass is 9.80. The molecule has 0 fully saturated rings. The summed E-state index contributed by atoms with van der Waals surface area (Å²) >= 11 is 0. The first kappa shape index (κ1) is 36.2. The smallest absolute Gasteiger partial charge is 0.0541 e. The molecule has 0 atom stereocenters. The van der Waals surface area contributed by atoms with Gasteiger partial charge in [0.15, 0.2) is 0 Å². The van der Waals surface area contributed by atoms with Crippen molar-refractivity contribution >= 4 is 60.4 Å². The van der Waals surface area contributed by atoms with Crippen LogP contribution in [-0.2, 0) is 5.41 Å². The van der Waals surface area contributed by atoms with Crippen molar-refractivity contribution in [3.05, 3.63) is 229 Å². The van der Waals surface area contributed by atoms with Crippen molar-refractivity contribution in [3.8, 4) is 39.1 Å². The fourth-order valence-electron chi connectivity index (χ4n) is 10.5. The van der Waals surface area contributed by atoms with Gasteiger partial charge in [0.1, 0.15) is 0 Å². The number of benzene rings is 10. The number of aryl methyl sites for hydroxylation is 1. The Morgan fingerprint density at radius 1 is 0.371 bits per heavy atom. The summed E-state index contributed by atoms with van der Waals surface area (Å²) in [4.78, 5) is 2.40. The van der Waals surface area contributed by atoms with Crippen molar-refractivity contribution in [1.82, 2.24) is 4.57 Å². The number of anilines is 3. The lowest BCUT2D eigenvalue weighted by Crippen LogP contribution is -2.16. The Hall–Kier alpha value is -7.68. The third kappa shape index (κ3) is 5.50. The van der Waals surface area contributed by atoms with Gasteiger partial charge in [-0.2, -0.15) is 0 Å². The Kier molecular flexibility index (Phi) is 8.14. The monoisotopic (exact) mass is 792 g/mol. The predicted molar refractivity (Wildman–Crippen MR) is 264 cm³/mol. The molecule has 0 saturated carbocycles. The fraction of sp³-hybridized carbons (Fsp3) is 0.0667. The third-order valence-electron chi connectivity index (χ3n) is 13.4. The standard InChI is InChI=1S/C60H44N2/c1-39-26-33-52-53(36-39)58(40-16-6-4-7-17-40)50-22-10-11-23-51(50)59(52)41-27-34-46-47-35-32-45(38-55(47)60(2,3)54(46)37-41)61(42-18-8-5-9-19-42)43-28-30-44(31-29-43)62-56-24-14-12-20-48(56)49-21-13-15-25-57(49)62/h4-38H,1-3H3. The molecule has 2 nitrogen and oxygen atoms in total. The summed E-state index contributed by atoms with van der Waals surface area (Å²) in [5.41, 5.74) is 18.4. The average molecular weight is 793 g/mol. The van der Waals surface area contributed by atoms with E-state index >= 15 is 0 Å². The van der Waals surface area contributed by atoms with Crippen LogP contribution in [0, 0.1) is 6.92 Å². The number of para-hydroxylation sites is 3. The first-order valence-corrected chi connectivity index (χ1v) is 21.7. The molecular formula is C60H44N2. The second-order valence-corrected chi connectivity index (χ2v) is 17.4. The van der Waals surface area contributed by atoms with Crippen molar-refractivity contribution in [2.24, 2.45) is 0 Å². The van der Waals surface area contributed by atoms with Gasteiger partial charge in [-0.25, -0.2) is 0 Å². The van der Waals surface area contributed by atoms with Crippen LogP contribution in [0.3, 0.4) is 0 Å². The number of aromatic nitrogens is 1. The number of rotatable bonds is 6. The van der Waals surface area contributed by atoms with Gasteiger partial charge in [-0.05, 0) is 140 Å². The SMILES string of the molecule is Cc1ccc2c(-c3ccc4c(c3)C(C)(C)c3cc(N(c5ccccc5)c5ccc(-n6c7ccccc7c7ccccc76)cc5)ccc3-4)c3ccccc3c(-c3ccccc3)c2c1. The first-order valence-electron chi connectivity index (χ1n) is 21.7. The molecule has 12 rings (SSSR count). The highest BCUT2D eigenvalue weighted by atomic mass is 15.1. The van der Waals surface area contributed by atoms with Crippen LogP contribution in [0.25, 0.3) is 82.4 Å². The van der Waals surface area contributed by atoms with Crippen molar-refractivity contribution in [1.29, 1.82) is 0 Å². The molecule has 1 aliphatic carbocycles. The zero-order valence-electron chi connectivity index (χ0n) is 35.1. The van der Waals surface area contributed by atoms with E-state index in [9.17, 15) is 0 Å². The highest BCUT2D eigenvalue weighted by molar-refractivity contribution is 6.21. The van der Waals surface area contributed by atoms with Crippen LogP contribution in [0.4, 0.5) is 17.1 Å². The normalized spacial score (nSPS) is 12.9. The van der Waals surface area contributed by atoms with Gasteiger partial charge >= 0.3 is 0 Å². The lowest BCUT2D eigenvalue weighted by Gasteiger charge is -2.28. The minimum atomic E-state index is -0.231. The predicted octanol–water partition coefficient (Wildman–Crippen LogP) is 16.5. The summed E-state index contributed by atoms with van der Waals surface area (Å²) in [6.07, 6.45) is 0. The van der Waals surface area contributed by atoms with Gasteiger partial charge in [0, 0.05) is 38.9 Å². The van der Waals surface area contributed by atoms with Crippen LogP contribution < -0.4 is 4.90 Å². The largest absolute Gasteiger partial charge is 0.310 e. The zero-order chi connectivity index (χ0) is 41.5. The van der Waals surface area contributed by atoms with Gasteiger partial charge in [0.2, 0.25) is 0 Å². The van der Waals surface area contributed by atoms with Crippen LogP contribution in [0.1, 0.15) is 30.5 Å². The topological polar surface area (TPSA) is 8.17 Å². The Labute approximate surface area is 362 Å². The Morgan fingerprint density at radius 2 is 0.871 bits per heavy atom. The molecule has 2 heteroatoms. The van der Waals surface area contributed by atoms with Crippen molar-refractivity contribution in [2.75, 3.05) is 4.90 Å². The maximum atomic E-state index is 2.49. The van der Waals surface area contributed by atoms with Gasteiger partial charge in [0.05, 0.1) is 11.0 Å². The Morgan fingerprint density at radius 3 is 1.53 bits per heavy atom. The molecule has 62 heavy (non-hydrogen) atoms. The summed E-state index contributed by atoms with van der Waals surface area (Å²) in [7, 11) is 0. The molecule has 11 aromatic rings. The highest BCUT2D eigenvalue weighted by Crippen LogP contribution is 2.53. The summed E-state index contributed by atoms with van der Waals surface area (Å²) in [6, 6.07) is 78.4. The van der Waals surface area contributed by atoms with E-state index in [1.807, 2.05) is 0 Å². The number of hydrogen-bond donors (Lipinski definition) is 0. The number of nitrogens with zero attached hydrogens (tertiary/aromatic N) is 2. The van der Waals surface area contributed by atoms with E-state index in [0.717, 1.165) is 22.7 Å². The zero-order valence-corrected chi connectivity index (χ0v) is 35.1. The minimum Gasteiger partial charge on any atom is -0.310 e. The molecule has 0 spiro atoms. The molecule has 1 heterocycles. The van der Waals surface area contributed by atoms with E-state index in [1.54, 1.807) is 0 Å². The third-order valence-corrected chi connectivity index (χ3v) is 13.4. The van der Waals surface area contributed by atoms with Gasteiger partial charge in [-0.15, -0.1) is 0 Å². The molecule has 1 aromatic heterocycles. The van der Waals surface area contributed by atoms with Gasteiger partial charge in [-0.1, -0.05) is 165 Å². The summed E-state index contributed by atoms with van der Waals surface area (Å²) < 4.78 is 2.38. The van der Waals surface area contributed by atoms with Crippen LogP contribution in [0.2, 0.25) is 0 Å². The van der Waals surface area contributed by atoms with Crippen LogP contribution in [0.5, 0.6) is 0 Å². The second-order valence-electron chi connectivity index (χ2n) is 17.4. The molecule has 0 aliphatic heterocycles. The van der Waals surface area contributed by atoms with Crippen molar-refractivity contribution in [3.63, 3.8) is 0 Å². The maximum absolute atomic E-state index is 2.49. The molecule has 0 unspecified atom stereocenters. The second kappa shape index (κ2) is 13.9. The molecule has 0 bridgehead atoms. The average Bonchev–Trinajstić information content (AvgIpc) is 3.77. The molecule has 1 aliphatic rings. The van der Waals surface area contributed by atoms with E-state index in [4.69, 9.17) is 0 Å². The van der Waals surface area contributed by atoms with Crippen LogP contribution >= 0.6 is 0 Å². The molecule has 0 amide bonds. The molecular weight excluding hydrogens is 749 g/mol. The maximum Gasteiger partial charge on any atom is 0.0541 e. The minimum absolute atomic E-state index is 0.231. The van der Waals surface area contributed by atoms with Gasteiger partial charge in [0.25, 0.3) is 0 Å². The molecule has 0 radical (unpaired) electrons. The summed E-state index contributed by atoms with van der Waals surface area (Å²) in [5.74, 6) is 0. The van der Waals surface area contributed by atoms with Crippen LogP contribution in [-0.4, -0.2) is 4.57 Å². The van der Waals surface area contributed by atoms with Crippen molar-refractivity contribution in [2.45, 2.75) is 26.2 Å². The number of hydrogen-bond acceptors (Lipinski definition) is 1. The van der Waals surface area contributed by atoms with E-state index < -0.39 is 0 Å². The first-order chi connectivity index (χ1) is 30.4. The molecule has 0 N–H and O–H groups in total. The quantitative estimate of drug-likeness (QED) is 0.152. The van der Waals surface area contributed by atoms with E-state index in [1.165, 1.54) is 93.4 Å². The summed E-state index contributed by atoms with van der Waals surface area (Å²) in [5, 5.41) is 7.67. The van der Waals surface area contributed by atoms with E-state index in [0.29, 0.717) is 0 Å². The Balaban J connectivity index is 0.973. The number of fused-ring (bicyclic) bond motifs is 8. The highest BCUT2D eigenvalue weighted by Gasteiger charge is 2.36. The lowest BCUT2D eigenvalue weighted by molar-refractivity contribution is 0.660. The van der Waals surface area contributed by atoms with E-state index in [-0.39, 0.29) is 5.41 Å². The van der Waals surface area contributed by atoms with E-state index in [2.05, 4.69) is 243 Å². The van der Waals surface area contributed by atoms with Crippen LogP contribution in [0.15, 0.2) is 212 Å². The summed E-state index contributed by atoms with van der Waals surface area (Å²) in [6.45, 7) is 7.00. The van der Waals surface area contributed by atoms with Crippen molar-refractivity contribution < 1.29 is 0 Å². The molecule has 10 aromatic carbocycles. The Bertz CT molecular complexity index is 3490. The van der Waals surface area contributed by atoms with Gasteiger partial charge in [-0.3, -0.25) is 0 Å². The van der Waals surface area contributed by atoms with Gasteiger partial charge < -0.3 is 9.47 Å².